The van der Waals surface area contributed by atoms with E-state index < -0.39 is 0 Å². The number of aryl methyl sites for hydroxylation is 1. The van der Waals surface area contributed by atoms with Gasteiger partial charge < -0.3 is 10.3 Å². The molecule has 2 N–H and O–H groups in total. The molecule has 0 saturated heterocycles. The van der Waals surface area contributed by atoms with Gasteiger partial charge in [-0.15, -0.1) is 0 Å². The number of carbonyl (C=O) groups is 1. The van der Waals surface area contributed by atoms with Crippen molar-refractivity contribution in [2.45, 2.75) is 32.2 Å². The number of benzene rings is 1. The lowest BCUT2D eigenvalue weighted by molar-refractivity contribution is -0.119. The van der Waals surface area contributed by atoms with Crippen molar-refractivity contribution in [1.29, 1.82) is 0 Å². The zero-order valence-electron chi connectivity index (χ0n) is 9.92. The van der Waals surface area contributed by atoms with Crippen molar-refractivity contribution >= 4 is 16.8 Å². The van der Waals surface area contributed by atoms with Crippen molar-refractivity contribution in [1.82, 2.24) is 10.3 Å². The molecule has 1 heterocycles. The molecule has 1 aromatic heterocycles. The number of rotatable bonds is 1. The summed E-state index contributed by atoms with van der Waals surface area (Å²) in [5.74, 6) is 0.0431. The monoisotopic (exact) mass is 228 g/mol. The number of hydrogen-bond donors (Lipinski definition) is 2. The van der Waals surface area contributed by atoms with E-state index in [1.54, 1.807) is 6.92 Å². The summed E-state index contributed by atoms with van der Waals surface area (Å²) in [7, 11) is 0. The normalized spacial score (nSPS) is 19.0. The van der Waals surface area contributed by atoms with Crippen molar-refractivity contribution in [2.75, 3.05) is 0 Å². The number of H-pyrrole nitrogens is 1. The van der Waals surface area contributed by atoms with Gasteiger partial charge in [0.05, 0.1) is 6.04 Å². The molecule has 1 amide bonds. The zero-order chi connectivity index (χ0) is 11.8. The minimum absolute atomic E-state index is 0.0431. The van der Waals surface area contributed by atoms with Gasteiger partial charge in [-0.2, -0.15) is 0 Å². The Morgan fingerprint density at radius 2 is 2.24 bits per heavy atom. The summed E-state index contributed by atoms with van der Waals surface area (Å²) in [6, 6.07) is 8.51. The number of amides is 1. The molecule has 0 radical (unpaired) electrons. The number of carbonyl (C=O) groups excluding carboxylic acids is 1. The van der Waals surface area contributed by atoms with Crippen molar-refractivity contribution in [3.05, 3.63) is 35.5 Å². The lowest BCUT2D eigenvalue weighted by atomic mass is 9.92. The minimum atomic E-state index is 0.0431. The Morgan fingerprint density at radius 1 is 1.41 bits per heavy atom. The van der Waals surface area contributed by atoms with Crippen molar-refractivity contribution < 1.29 is 4.79 Å². The first-order valence-electron chi connectivity index (χ1n) is 6.12. The van der Waals surface area contributed by atoms with Crippen LogP contribution in [-0.2, 0) is 11.2 Å². The molecule has 0 aliphatic heterocycles. The van der Waals surface area contributed by atoms with E-state index in [1.807, 2.05) is 6.07 Å². The van der Waals surface area contributed by atoms with Crippen LogP contribution in [0.25, 0.3) is 10.9 Å². The fourth-order valence-electron chi connectivity index (χ4n) is 2.80. The van der Waals surface area contributed by atoms with Gasteiger partial charge in [0, 0.05) is 23.5 Å². The molecular weight excluding hydrogens is 212 g/mol. The standard InChI is InChI=1S/C14H16N2O/c1-9(17)15-13-8-4-6-11-10-5-2-3-7-12(10)16-14(11)13/h2-3,5,7,13,16H,4,6,8H2,1H3,(H,15,17). The Hall–Kier alpha value is -1.77. The lowest BCUT2D eigenvalue weighted by Crippen LogP contribution is -2.28. The third-order valence-corrected chi connectivity index (χ3v) is 3.49. The van der Waals surface area contributed by atoms with E-state index in [2.05, 4.69) is 28.5 Å². The summed E-state index contributed by atoms with van der Waals surface area (Å²) in [5, 5.41) is 4.33. The molecule has 0 bridgehead atoms. The summed E-state index contributed by atoms with van der Waals surface area (Å²) in [4.78, 5) is 14.7. The minimum Gasteiger partial charge on any atom is -0.356 e. The van der Waals surface area contributed by atoms with Gasteiger partial charge in [0.1, 0.15) is 0 Å². The van der Waals surface area contributed by atoms with Gasteiger partial charge in [-0.3, -0.25) is 4.79 Å². The molecule has 1 unspecified atom stereocenters. The molecule has 1 aliphatic carbocycles. The number of aromatic nitrogens is 1. The third-order valence-electron chi connectivity index (χ3n) is 3.49. The molecule has 0 fully saturated rings. The quantitative estimate of drug-likeness (QED) is 0.774. The van der Waals surface area contributed by atoms with Gasteiger partial charge in [-0.05, 0) is 30.9 Å². The third kappa shape index (κ3) is 1.71. The van der Waals surface area contributed by atoms with Crippen LogP contribution >= 0.6 is 0 Å². The predicted octanol–water partition coefficient (Wildman–Crippen LogP) is 2.68. The van der Waals surface area contributed by atoms with E-state index in [4.69, 9.17) is 0 Å². The Kier molecular flexibility index (Phi) is 2.39. The highest BCUT2D eigenvalue weighted by molar-refractivity contribution is 5.85. The highest BCUT2D eigenvalue weighted by atomic mass is 16.1. The smallest absolute Gasteiger partial charge is 0.217 e. The van der Waals surface area contributed by atoms with E-state index in [0.29, 0.717) is 0 Å². The molecule has 2 aromatic rings. The maximum absolute atomic E-state index is 11.2. The number of hydrogen-bond acceptors (Lipinski definition) is 1. The fourth-order valence-corrected chi connectivity index (χ4v) is 2.80. The van der Waals surface area contributed by atoms with Gasteiger partial charge >= 0.3 is 0 Å². The predicted molar refractivity (Wildman–Crippen MR) is 67.8 cm³/mol. The first-order chi connectivity index (χ1) is 8.25. The Bertz CT molecular complexity index is 571. The van der Waals surface area contributed by atoms with Crippen LogP contribution in [0.4, 0.5) is 0 Å². The van der Waals surface area contributed by atoms with Crippen LogP contribution in [0.3, 0.4) is 0 Å². The van der Waals surface area contributed by atoms with Crippen molar-refractivity contribution in [3.8, 4) is 0 Å². The molecule has 1 aliphatic rings. The van der Waals surface area contributed by atoms with Crippen LogP contribution in [0, 0.1) is 0 Å². The summed E-state index contributed by atoms with van der Waals surface area (Å²) < 4.78 is 0. The number of fused-ring (bicyclic) bond motifs is 3. The van der Waals surface area contributed by atoms with E-state index in [9.17, 15) is 4.79 Å². The van der Waals surface area contributed by atoms with Crippen molar-refractivity contribution in [3.63, 3.8) is 0 Å². The van der Waals surface area contributed by atoms with Crippen molar-refractivity contribution in [2.24, 2.45) is 0 Å². The van der Waals surface area contributed by atoms with Gasteiger partial charge in [-0.1, -0.05) is 18.2 Å². The van der Waals surface area contributed by atoms with E-state index in [1.165, 1.54) is 22.2 Å². The van der Waals surface area contributed by atoms with Gasteiger partial charge in [0.2, 0.25) is 5.91 Å². The maximum atomic E-state index is 11.2. The highest BCUT2D eigenvalue weighted by Crippen LogP contribution is 2.34. The SMILES string of the molecule is CC(=O)NC1CCCc2c1[nH]c1ccccc21. The maximum Gasteiger partial charge on any atom is 0.217 e. The molecular formula is C14H16N2O. The highest BCUT2D eigenvalue weighted by Gasteiger charge is 2.24. The molecule has 0 spiro atoms. The Balaban J connectivity index is 2.10. The Labute approximate surface area is 100 Å². The number of para-hydroxylation sites is 1. The summed E-state index contributed by atoms with van der Waals surface area (Å²) in [6.45, 7) is 1.58. The van der Waals surface area contributed by atoms with Crippen LogP contribution in [0.5, 0.6) is 0 Å². The average molecular weight is 228 g/mol. The van der Waals surface area contributed by atoms with Crippen LogP contribution in [0.15, 0.2) is 24.3 Å². The molecule has 1 aromatic carbocycles. The van der Waals surface area contributed by atoms with Crippen LogP contribution in [-0.4, -0.2) is 10.9 Å². The molecule has 3 nitrogen and oxygen atoms in total. The second-order valence-corrected chi connectivity index (χ2v) is 4.71. The molecule has 0 saturated carbocycles. The fraction of sp³-hybridized carbons (Fsp3) is 0.357. The van der Waals surface area contributed by atoms with Gasteiger partial charge in [0.15, 0.2) is 0 Å². The first-order valence-corrected chi connectivity index (χ1v) is 6.12. The summed E-state index contributed by atoms with van der Waals surface area (Å²) in [5.41, 5.74) is 3.76. The van der Waals surface area contributed by atoms with Crippen LogP contribution < -0.4 is 5.32 Å². The van der Waals surface area contributed by atoms with E-state index in [-0.39, 0.29) is 11.9 Å². The molecule has 3 rings (SSSR count). The van der Waals surface area contributed by atoms with Crippen LogP contribution in [0.2, 0.25) is 0 Å². The Morgan fingerprint density at radius 3 is 3.06 bits per heavy atom. The van der Waals surface area contributed by atoms with Gasteiger partial charge in [-0.25, -0.2) is 0 Å². The van der Waals surface area contributed by atoms with E-state index in [0.717, 1.165) is 19.3 Å². The van der Waals surface area contributed by atoms with Gasteiger partial charge in [0.25, 0.3) is 0 Å². The molecule has 88 valence electrons. The average Bonchev–Trinajstić information content (AvgIpc) is 2.68. The second kappa shape index (κ2) is 3.91. The first kappa shape index (κ1) is 10.4. The lowest BCUT2D eigenvalue weighted by Gasteiger charge is -2.23. The number of aromatic amines is 1. The second-order valence-electron chi connectivity index (χ2n) is 4.71. The number of nitrogens with one attached hydrogen (secondary N) is 2. The van der Waals surface area contributed by atoms with Crippen LogP contribution in [0.1, 0.15) is 37.1 Å². The van der Waals surface area contributed by atoms with E-state index >= 15 is 0 Å². The topological polar surface area (TPSA) is 44.9 Å². The zero-order valence-corrected chi connectivity index (χ0v) is 9.92. The molecule has 3 heteroatoms. The molecule has 1 atom stereocenters. The molecule has 17 heavy (non-hydrogen) atoms. The largest absolute Gasteiger partial charge is 0.356 e. The summed E-state index contributed by atoms with van der Waals surface area (Å²) in [6.07, 6.45) is 3.27. The summed E-state index contributed by atoms with van der Waals surface area (Å²) >= 11 is 0.